The normalized spacial score (nSPS) is 20.1. The fraction of sp³-hybridized carbons (Fsp3) is 0.636. The molecule has 154 valence electrons. The van der Waals surface area contributed by atoms with Gasteiger partial charge in [0.05, 0.1) is 5.69 Å². The van der Waals surface area contributed by atoms with Gasteiger partial charge in [-0.1, -0.05) is 32.1 Å². The monoisotopic (exact) mass is 387 g/mol. The van der Waals surface area contributed by atoms with Gasteiger partial charge in [0.15, 0.2) is 6.10 Å². The molecule has 1 aliphatic carbocycles. The number of carbonyl (C=O) groups is 2. The van der Waals surface area contributed by atoms with Gasteiger partial charge in [0.1, 0.15) is 5.75 Å². The molecule has 0 radical (unpaired) electrons. The van der Waals surface area contributed by atoms with Crippen molar-refractivity contribution in [2.24, 2.45) is 5.92 Å². The lowest BCUT2D eigenvalue weighted by molar-refractivity contribution is -0.125. The van der Waals surface area contributed by atoms with Gasteiger partial charge in [0, 0.05) is 31.3 Å². The second-order valence-corrected chi connectivity index (χ2v) is 8.33. The van der Waals surface area contributed by atoms with E-state index in [1.165, 1.54) is 32.1 Å². The summed E-state index contributed by atoms with van der Waals surface area (Å²) in [6, 6.07) is 5.55. The van der Waals surface area contributed by atoms with E-state index in [-0.39, 0.29) is 11.8 Å². The minimum atomic E-state index is -0.521. The maximum atomic E-state index is 12.5. The van der Waals surface area contributed by atoms with Gasteiger partial charge in [-0.15, -0.1) is 0 Å². The molecule has 1 fully saturated rings. The molecule has 1 aromatic carbocycles. The summed E-state index contributed by atoms with van der Waals surface area (Å²) in [5.41, 5.74) is 1.49. The van der Waals surface area contributed by atoms with Gasteiger partial charge in [-0.05, 0) is 45.5 Å². The summed E-state index contributed by atoms with van der Waals surface area (Å²) in [7, 11) is 3.97. The van der Waals surface area contributed by atoms with Crippen molar-refractivity contribution in [1.82, 2.24) is 4.90 Å². The molecule has 6 heteroatoms. The number of carbonyl (C=O) groups excluding carboxylic acids is 2. The molecule has 1 aromatic rings. The summed E-state index contributed by atoms with van der Waals surface area (Å²) in [6.07, 6.45) is 7.47. The third kappa shape index (κ3) is 5.25. The molecule has 1 unspecified atom stereocenters. The van der Waals surface area contributed by atoms with Crippen LogP contribution in [-0.2, 0) is 9.59 Å². The molecule has 0 bridgehead atoms. The number of amides is 2. The number of benzene rings is 1. The van der Waals surface area contributed by atoms with E-state index in [1.807, 2.05) is 37.2 Å². The van der Waals surface area contributed by atoms with Crippen LogP contribution in [0.2, 0.25) is 0 Å². The topological polar surface area (TPSA) is 61.9 Å². The predicted octanol–water partition coefficient (Wildman–Crippen LogP) is 3.66. The molecule has 0 saturated heterocycles. The van der Waals surface area contributed by atoms with E-state index in [0.717, 1.165) is 24.3 Å². The Morgan fingerprint density at radius 3 is 2.71 bits per heavy atom. The average molecular weight is 388 g/mol. The van der Waals surface area contributed by atoms with Crippen molar-refractivity contribution in [3.8, 4) is 5.75 Å². The minimum absolute atomic E-state index is 0.0291. The summed E-state index contributed by atoms with van der Waals surface area (Å²) in [5.74, 6) is 1.37. The van der Waals surface area contributed by atoms with Crippen LogP contribution in [0.5, 0.6) is 5.75 Å². The molecule has 28 heavy (non-hydrogen) atoms. The lowest BCUT2D eigenvalue weighted by Crippen LogP contribution is -2.46. The Morgan fingerprint density at radius 1 is 1.25 bits per heavy atom. The standard InChI is InChI=1S/C22H33N3O3/c1-16-22(27)25(14-13-24(2)3)19-11-10-18(15-20(19)28-16)23-21(26)12-9-17-7-5-4-6-8-17/h10-11,15-17H,4-9,12-14H2,1-3H3,(H,23,26). The first kappa shape index (κ1) is 20.6. The van der Waals surface area contributed by atoms with E-state index in [1.54, 1.807) is 11.8 Å². The van der Waals surface area contributed by atoms with Gasteiger partial charge in [0.2, 0.25) is 5.91 Å². The van der Waals surface area contributed by atoms with Crippen molar-refractivity contribution in [3.05, 3.63) is 18.2 Å². The molecule has 6 nitrogen and oxygen atoms in total. The van der Waals surface area contributed by atoms with Gasteiger partial charge in [-0.3, -0.25) is 9.59 Å². The van der Waals surface area contributed by atoms with E-state index in [2.05, 4.69) is 5.32 Å². The summed E-state index contributed by atoms with van der Waals surface area (Å²) in [5, 5.41) is 2.99. The smallest absolute Gasteiger partial charge is 0.267 e. The number of likely N-dealkylation sites (N-methyl/N-ethyl adjacent to an activating group) is 1. The largest absolute Gasteiger partial charge is 0.479 e. The highest BCUT2D eigenvalue weighted by Gasteiger charge is 2.31. The van der Waals surface area contributed by atoms with E-state index in [9.17, 15) is 9.59 Å². The van der Waals surface area contributed by atoms with Crippen molar-refractivity contribution in [2.45, 2.75) is 58.0 Å². The first-order valence-corrected chi connectivity index (χ1v) is 10.5. The van der Waals surface area contributed by atoms with Gasteiger partial charge in [-0.25, -0.2) is 0 Å². The number of ether oxygens (including phenoxy) is 1. The zero-order chi connectivity index (χ0) is 20.1. The summed E-state index contributed by atoms with van der Waals surface area (Å²) >= 11 is 0. The Kier molecular flexibility index (Phi) is 6.94. The van der Waals surface area contributed by atoms with Crippen LogP contribution in [0.3, 0.4) is 0 Å². The van der Waals surface area contributed by atoms with Crippen molar-refractivity contribution >= 4 is 23.2 Å². The Hall–Kier alpha value is -2.08. The Balaban J connectivity index is 1.62. The number of hydrogen-bond donors (Lipinski definition) is 1. The molecule has 1 heterocycles. The van der Waals surface area contributed by atoms with Crippen LogP contribution in [0.25, 0.3) is 0 Å². The number of nitrogens with one attached hydrogen (secondary N) is 1. The van der Waals surface area contributed by atoms with Crippen molar-refractivity contribution in [1.29, 1.82) is 0 Å². The van der Waals surface area contributed by atoms with Crippen molar-refractivity contribution in [3.63, 3.8) is 0 Å². The second kappa shape index (κ2) is 9.41. The molecular weight excluding hydrogens is 354 g/mol. The zero-order valence-corrected chi connectivity index (χ0v) is 17.4. The average Bonchev–Trinajstić information content (AvgIpc) is 2.67. The maximum absolute atomic E-state index is 12.5. The highest BCUT2D eigenvalue weighted by Crippen LogP contribution is 2.36. The number of hydrogen-bond acceptors (Lipinski definition) is 4. The molecule has 2 amide bonds. The van der Waals surface area contributed by atoms with E-state index in [4.69, 9.17) is 4.74 Å². The summed E-state index contributed by atoms with van der Waals surface area (Å²) < 4.78 is 5.80. The second-order valence-electron chi connectivity index (χ2n) is 8.33. The number of nitrogens with zero attached hydrogens (tertiary/aromatic N) is 2. The first-order valence-electron chi connectivity index (χ1n) is 10.5. The Morgan fingerprint density at radius 2 is 2.00 bits per heavy atom. The van der Waals surface area contributed by atoms with Crippen LogP contribution >= 0.6 is 0 Å². The predicted molar refractivity (Wildman–Crippen MR) is 112 cm³/mol. The molecule has 1 aliphatic heterocycles. The lowest BCUT2D eigenvalue weighted by Gasteiger charge is -2.34. The van der Waals surface area contributed by atoms with Gasteiger partial charge in [-0.2, -0.15) is 0 Å². The van der Waals surface area contributed by atoms with Gasteiger partial charge >= 0.3 is 0 Å². The highest BCUT2D eigenvalue weighted by atomic mass is 16.5. The summed E-state index contributed by atoms with van der Waals surface area (Å²) in [4.78, 5) is 28.7. The number of rotatable bonds is 7. The van der Waals surface area contributed by atoms with Crippen LogP contribution in [0.1, 0.15) is 51.9 Å². The van der Waals surface area contributed by atoms with Crippen LogP contribution in [0.15, 0.2) is 18.2 Å². The SMILES string of the molecule is CC1Oc2cc(NC(=O)CCC3CCCCC3)ccc2N(CCN(C)C)C1=O. The Bertz CT molecular complexity index is 698. The third-order valence-electron chi connectivity index (χ3n) is 5.73. The van der Waals surface area contributed by atoms with Crippen molar-refractivity contribution < 1.29 is 14.3 Å². The highest BCUT2D eigenvalue weighted by molar-refractivity contribution is 6.00. The molecule has 3 rings (SSSR count). The van der Waals surface area contributed by atoms with Gasteiger partial charge < -0.3 is 19.9 Å². The number of anilines is 2. The maximum Gasteiger partial charge on any atom is 0.267 e. The zero-order valence-electron chi connectivity index (χ0n) is 17.4. The van der Waals surface area contributed by atoms with Crippen LogP contribution in [0, 0.1) is 5.92 Å². The quantitative estimate of drug-likeness (QED) is 0.776. The van der Waals surface area contributed by atoms with Crippen LogP contribution in [-0.4, -0.2) is 50.0 Å². The molecule has 2 aliphatic rings. The third-order valence-corrected chi connectivity index (χ3v) is 5.73. The van der Waals surface area contributed by atoms with E-state index in [0.29, 0.717) is 24.6 Å². The lowest BCUT2D eigenvalue weighted by atomic mass is 9.86. The molecule has 0 aromatic heterocycles. The van der Waals surface area contributed by atoms with E-state index < -0.39 is 6.10 Å². The van der Waals surface area contributed by atoms with Crippen LogP contribution < -0.4 is 15.0 Å². The molecule has 1 N–H and O–H groups in total. The fourth-order valence-electron chi connectivity index (χ4n) is 4.05. The Labute approximate surface area is 168 Å². The molecule has 0 spiro atoms. The van der Waals surface area contributed by atoms with E-state index >= 15 is 0 Å². The first-order chi connectivity index (χ1) is 13.4. The van der Waals surface area contributed by atoms with Crippen molar-refractivity contribution in [2.75, 3.05) is 37.4 Å². The summed E-state index contributed by atoms with van der Waals surface area (Å²) in [6.45, 7) is 3.15. The van der Waals surface area contributed by atoms with Gasteiger partial charge in [0.25, 0.3) is 5.91 Å². The molecule has 1 atom stereocenters. The molecule has 1 saturated carbocycles. The number of fused-ring (bicyclic) bond motifs is 1. The van der Waals surface area contributed by atoms with Crippen LogP contribution in [0.4, 0.5) is 11.4 Å². The minimum Gasteiger partial charge on any atom is -0.479 e. The fourth-order valence-corrected chi connectivity index (χ4v) is 4.05. The molecular formula is C22H33N3O3.